The van der Waals surface area contributed by atoms with Gasteiger partial charge in [0.15, 0.2) is 0 Å². The summed E-state index contributed by atoms with van der Waals surface area (Å²) >= 11 is 0. The third kappa shape index (κ3) is 3.49. The third-order valence-corrected chi connectivity index (χ3v) is 6.84. The monoisotopic (exact) mass is 413 g/mol. The molecule has 0 aliphatic carbocycles. The second-order valence-corrected chi connectivity index (χ2v) is 8.48. The van der Waals surface area contributed by atoms with Crippen LogP contribution in [0.5, 0.6) is 0 Å². The van der Waals surface area contributed by atoms with Gasteiger partial charge in [0, 0.05) is 37.1 Å². The summed E-state index contributed by atoms with van der Waals surface area (Å²) in [7, 11) is 2.05. The van der Waals surface area contributed by atoms with Crippen molar-refractivity contribution >= 4 is 11.6 Å². The Hall–Kier alpha value is -3.18. The first-order valence-corrected chi connectivity index (χ1v) is 10.9. The van der Waals surface area contributed by atoms with Crippen LogP contribution in [0.1, 0.15) is 23.7 Å². The SMILES string of the molecule is CN1c2ccc(-c3ccccc3)cc2[C@H]2[C@H](CCN2C(=O)Cc2ccccn2)[C@H]1CO. The van der Waals surface area contributed by atoms with Gasteiger partial charge < -0.3 is 14.9 Å². The molecule has 5 rings (SSSR count). The molecule has 0 radical (unpaired) electrons. The highest BCUT2D eigenvalue weighted by Crippen LogP contribution is 2.49. The lowest BCUT2D eigenvalue weighted by Crippen LogP contribution is -2.48. The number of likely N-dealkylation sites (N-methyl/N-ethyl adjacent to an activating group) is 1. The van der Waals surface area contributed by atoms with Gasteiger partial charge in [0.1, 0.15) is 0 Å². The predicted molar refractivity (Wildman–Crippen MR) is 122 cm³/mol. The molecule has 0 spiro atoms. The van der Waals surface area contributed by atoms with E-state index in [0.717, 1.165) is 28.9 Å². The normalized spacial score (nSPS) is 22.2. The maximum absolute atomic E-state index is 13.3. The van der Waals surface area contributed by atoms with E-state index in [4.69, 9.17) is 0 Å². The number of amides is 1. The van der Waals surface area contributed by atoms with E-state index in [1.807, 2.05) is 41.3 Å². The van der Waals surface area contributed by atoms with Crippen LogP contribution in [-0.4, -0.2) is 47.1 Å². The molecule has 0 saturated carbocycles. The molecule has 2 aromatic carbocycles. The number of likely N-dealkylation sites (tertiary alicyclic amines) is 1. The molecule has 5 heteroatoms. The molecule has 1 aromatic heterocycles. The van der Waals surface area contributed by atoms with Crippen LogP contribution in [0.15, 0.2) is 72.9 Å². The number of anilines is 1. The molecule has 158 valence electrons. The Morgan fingerprint density at radius 3 is 2.61 bits per heavy atom. The lowest BCUT2D eigenvalue weighted by atomic mass is 9.81. The molecule has 5 nitrogen and oxygen atoms in total. The number of aliphatic hydroxyl groups excluding tert-OH is 1. The van der Waals surface area contributed by atoms with Gasteiger partial charge in [-0.1, -0.05) is 42.5 Å². The average molecular weight is 414 g/mol. The molecular formula is C26H27N3O2. The van der Waals surface area contributed by atoms with Crippen LogP contribution in [-0.2, 0) is 11.2 Å². The number of carbonyl (C=O) groups is 1. The number of hydrogen-bond acceptors (Lipinski definition) is 4. The van der Waals surface area contributed by atoms with Crippen molar-refractivity contribution < 1.29 is 9.90 Å². The summed E-state index contributed by atoms with van der Waals surface area (Å²) in [5.41, 5.74) is 5.37. The molecule has 0 bridgehead atoms. The van der Waals surface area contributed by atoms with E-state index >= 15 is 0 Å². The fraction of sp³-hybridized carbons (Fsp3) is 0.308. The molecule has 3 aromatic rings. The van der Waals surface area contributed by atoms with E-state index < -0.39 is 0 Å². The molecule has 0 unspecified atom stereocenters. The minimum absolute atomic E-state index is 0.00715. The molecule has 1 amide bonds. The Bertz CT molecular complexity index is 1070. The van der Waals surface area contributed by atoms with Crippen molar-refractivity contribution in [1.29, 1.82) is 0 Å². The zero-order chi connectivity index (χ0) is 21.4. The van der Waals surface area contributed by atoms with Gasteiger partial charge in [0.2, 0.25) is 5.91 Å². The predicted octanol–water partition coefficient (Wildman–Crippen LogP) is 3.69. The summed E-state index contributed by atoms with van der Waals surface area (Å²) < 4.78 is 0. The fourth-order valence-corrected chi connectivity index (χ4v) is 5.30. The minimum Gasteiger partial charge on any atom is -0.394 e. The zero-order valence-corrected chi connectivity index (χ0v) is 17.7. The summed E-state index contributed by atoms with van der Waals surface area (Å²) in [4.78, 5) is 21.9. The number of aliphatic hydroxyl groups is 1. The Kier molecular flexibility index (Phi) is 5.20. The van der Waals surface area contributed by atoms with E-state index in [9.17, 15) is 9.90 Å². The Morgan fingerprint density at radius 1 is 1.06 bits per heavy atom. The zero-order valence-electron chi connectivity index (χ0n) is 17.7. The Labute approximate surface area is 183 Å². The van der Waals surface area contributed by atoms with Gasteiger partial charge >= 0.3 is 0 Å². The van der Waals surface area contributed by atoms with Crippen LogP contribution in [0.2, 0.25) is 0 Å². The lowest BCUT2D eigenvalue weighted by Gasteiger charge is -2.44. The number of hydrogen-bond donors (Lipinski definition) is 1. The first kappa shape index (κ1) is 19.8. The second kappa shape index (κ2) is 8.16. The van der Waals surface area contributed by atoms with Crippen molar-refractivity contribution in [2.75, 3.05) is 25.1 Å². The molecule has 3 atom stereocenters. The van der Waals surface area contributed by atoms with Crippen molar-refractivity contribution in [3.05, 3.63) is 84.2 Å². The molecule has 31 heavy (non-hydrogen) atoms. The number of rotatable bonds is 4. The molecule has 3 heterocycles. The van der Waals surface area contributed by atoms with E-state index in [0.29, 0.717) is 13.0 Å². The molecule has 2 aliphatic heterocycles. The third-order valence-electron chi connectivity index (χ3n) is 6.84. The van der Waals surface area contributed by atoms with Gasteiger partial charge in [-0.3, -0.25) is 9.78 Å². The van der Waals surface area contributed by atoms with Gasteiger partial charge in [-0.25, -0.2) is 0 Å². The number of benzene rings is 2. The van der Waals surface area contributed by atoms with Crippen molar-refractivity contribution in [2.45, 2.75) is 24.9 Å². The van der Waals surface area contributed by atoms with Crippen LogP contribution < -0.4 is 4.90 Å². The van der Waals surface area contributed by atoms with Crippen LogP contribution >= 0.6 is 0 Å². The molecule has 1 N–H and O–H groups in total. The highest BCUT2D eigenvalue weighted by Gasteiger charge is 2.47. The van der Waals surface area contributed by atoms with Gasteiger partial charge in [-0.15, -0.1) is 0 Å². The van der Waals surface area contributed by atoms with Gasteiger partial charge in [-0.2, -0.15) is 0 Å². The molecule has 1 saturated heterocycles. The summed E-state index contributed by atoms with van der Waals surface area (Å²) in [6.07, 6.45) is 2.93. The number of nitrogens with zero attached hydrogens (tertiary/aromatic N) is 3. The largest absolute Gasteiger partial charge is 0.394 e. The van der Waals surface area contributed by atoms with Crippen LogP contribution in [0.25, 0.3) is 11.1 Å². The maximum Gasteiger partial charge on any atom is 0.229 e. The van der Waals surface area contributed by atoms with Gasteiger partial charge in [-0.05, 0) is 47.4 Å². The van der Waals surface area contributed by atoms with Crippen LogP contribution in [0.3, 0.4) is 0 Å². The average Bonchev–Trinajstić information content (AvgIpc) is 3.26. The fourth-order valence-electron chi connectivity index (χ4n) is 5.30. The summed E-state index contributed by atoms with van der Waals surface area (Å²) in [5.74, 6) is 0.310. The van der Waals surface area contributed by atoms with Crippen LogP contribution in [0, 0.1) is 5.92 Å². The van der Waals surface area contributed by atoms with E-state index in [-0.39, 0.29) is 30.5 Å². The molecule has 1 fully saturated rings. The Balaban J connectivity index is 1.54. The first-order valence-electron chi connectivity index (χ1n) is 10.9. The summed E-state index contributed by atoms with van der Waals surface area (Å²) in [5, 5.41) is 10.2. The number of carbonyl (C=O) groups excluding carboxylic acids is 1. The van der Waals surface area contributed by atoms with Crippen molar-refractivity contribution in [1.82, 2.24) is 9.88 Å². The number of aromatic nitrogens is 1. The van der Waals surface area contributed by atoms with Crippen LogP contribution in [0.4, 0.5) is 5.69 Å². The topological polar surface area (TPSA) is 56.7 Å². The number of pyridine rings is 1. The van der Waals surface area contributed by atoms with E-state index in [2.05, 4.69) is 47.3 Å². The second-order valence-electron chi connectivity index (χ2n) is 8.48. The van der Waals surface area contributed by atoms with Gasteiger partial charge in [0.05, 0.1) is 25.1 Å². The van der Waals surface area contributed by atoms with E-state index in [1.165, 1.54) is 5.56 Å². The Morgan fingerprint density at radius 2 is 1.87 bits per heavy atom. The smallest absolute Gasteiger partial charge is 0.229 e. The van der Waals surface area contributed by atoms with Crippen molar-refractivity contribution in [2.24, 2.45) is 5.92 Å². The van der Waals surface area contributed by atoms with Crippen molar-refractivity contribution in [3.8, 4) is 11.1 Å². The highest BCUT2D eigenvalue weighted by molar-refractivity contribution is 5.80. The van der Waals surface area contributed by atoms with Gasteiger partial charge in [0.25, 0.3) is 0 Å². The standard InChI is InChI=1S/C26H27N3O2/c1-28-23-11-10-19(18-7-3-2-4-8-18)15-22(23)26-21(24(28)17-30)12-14-29(26)25(31)16-20-9-5-6-13-27-20/h2-11,13,15,21,24,26,30H,12,14,16-17H2,1H3/t21-,24-,26-/m1/s1. The summed E-state index contributed by atoms with van der Waals surface area (Å²) in [6, 6.07) is 22.5. The minimum atomic E-state index is -0.0248. The number of fused-ring (bicyclic) bond motifs is 3. The summed E-state index contributed by atoms with van der Waals surface area (Å²) in [6.45, 7) is 0.792. The lowest BCUT2D eigenvalue weighted by molar-refractivity contribution is -0.132. The van der Waals surface area contributed by atoms with E-state index in [1.54, 1.807) is 6.20 Å². The first-order chi connectivity index (χ1) is 15.2. The maximum atomic E-state index is 13.3. The molecular weight excluding hydrogens is 386 g/mol. The molecule has 2 aliphatic rings. The highest BCUT2D eigenvalue weighted by atomic mass is 16.3. The van der Waals surface area contributed by atoms with Crippen molar-refractivity contribution in [3.63, 3.8) is 0 Å². The quantitative estimate of drug-likeness (QED) is 0.709.